The van der Waals surface area contributed by atoms with E-state index in [9.17, 15) is 8.78 Å². The average Bonchev–Trinajstić information content (AvgIpc) is 2.92. The van der Waals surface area contributed by atoms with E-state index in [1.54, 1.807) is 0 Å². The highest BCUT2D eigenvalue weighted by Gasteiger charge is 2.18. The highest BCUT2D eigenvalue weighted by Crippen LogP contribution is 2.22. The minimum atomic E-state index is -0.912. The van der Waals surface area contributed by atoms with Gasteiger partial charge in [0.25, 0.3) is 0 Å². The fourth-order valence-electron chi connectivity index (χ4n) is 2.07. The van der Waals surface area contributed by atoms with Crippen molar-refractivity contribution in [2.45, 2.75) is 0 Å². The monoisotopic (exact) mass is 265 g/mol. The van der Waals surface area contributed by atoms with Crippen molar-refractivity contribution in [2.24, 2.45) is 0 Å². The molecule has 2 heterocycles. The Hall–Kier alpha value is -2.02. The molecule has 19 heavy (non-hydrogen) atoms. The van der Waals surface area contributed by atoms with Gasteiger partial charge < -0.3 is 10.2 Å². The van der Waals surface area contributed by atoms with Crippen LogP contribution in [0.2, 0.25) is 0 Å². The van der Waals surface area contributed by atoms with E-state index in [0.717, 1.165) is 32.2 Å². The van der Waals surface area contributed by atoms with Gasteiger partial charge in [0.2, 0.25) is 5.95 Å². The molecule has 2 N–H and O–H groups in total. The van der Waals surface area contributed by atoms with E-state index in [4.69, 9.17) is 0 Å². The van der Waals surface area contributed by atoms with Crippen molar-refractivity contribution in [1.29, 1.82) is 0 Å². The van der Waals surface area contributed by atoms with Crippen molar-refractivity contribution in [1.82, 2.24) is 20.5 Å². The molecule has 5 nitrogen and oxygen atoms in total. The maximum absolute atomic E-state index is 13.7. The number of nitrogens with zero attached hydrogens (tertiary/aromatic N) is 3. The van der Waals surface area contributed by atoms with Gasteiger partial charge in [-0.15, -0.1) is 5.10 Å². The lowest BCUT2D eigenvalue weighted by molar-refractivity contribution is 0.510. The fraction of sp³-hybridized carbons (Fsp3) is 0.333. The van der Waals surface area contributed by atoms with Gasteiger partial charge in [-0.05, 0) is 12.1 Å². The number of hydrogen-bond donors (Lipinski definition) is 2. The largest absolute Gasteiger partial charge is 0.337 e. The van der Waals surface area contributed by atoms with Gasteiger partial charge in [-0.2, -0.15) is 4.98 Å². The molecule has 100 valence electrons. The van der Waals surface area contributed by atoms with Crippen LogP contribution in [-0.4, -0.2) is 41.4 Å². The third-order valence-electron chi connectivity index (χ3n) is 3.08. The van der Waals surface area contributed by atoms with Crippen molar-refractivity contribution in [3.05, 3.63) is 29.8 Å². The normalized spacial score (nSPS) is 15.8. The molecule has 0 radical (unpaired) electrons. The predicted octanol–water partition coefficient (Wildman–Crippen LogP) is 1.16. The van der Waals surface area contributed by atoms with Crippen molar-refractivity contribution in [3.63, 3.8) is 0 Å². The van der Waals surface area contributed by atoms with E-state index in [-0.39, 0.29) is 11.4 Å². The highest BCUT2D eigenvalue weighted by atomic mass is 19.2. The maximum Gasteiger partial charge on any atom is 0.245 e. The lowest BCUT2D eigenvalue weighted by atomic mass is 10.2. The van der Waals surface area contributed by atoms with Crippen molar-refractivity contribution < 1.29 is 8.78 Å². The molecule has 0 bridgehead atoms. The zero-order valence-electron chi connectivity index (χ0n) is 10.2. The van der Waals surface area contributed by atoms with Crippen LogP contribution in [0, 0.1) is 11.6 Å². The number of benzene rings is 1. The molecule has 3 rings (SSSR count). The Morgan fingerprint density at radius 2 is 1.95 bits per heavy atom. The minimum absolute atomic E-state index is 0.0916. The molecule has 0 spiro atoms. The first-order valence-corrected chi connectivity index (χ1v) is 6.08. The summed E-state index contributed by atoms with van der Waals surface area (Å²) in [5.74, 6) is -1.05. The Bertz CT molecular complexity index is 577. The minimum Gasteiger partial charge on any atom is -0.337 e. The molecule has 0 aliphatic carbocycles. The number of aromatic amines is 1. The Labute approximate surface area is 108 Å². The Kier molecular flexibility index (Phi) is 3.12. The van der Waals surface area contributed by atoms with E-state index in [2.05, 4.69) is 20.5 Å². The van der Waals surface area contributed by atoms with Crippen LogP contribution in [0.5, 0.6) is 0 Å². The molecule has 1 aliphatic heterocycles. The van der Waals surface area contributed by atoms with Crippen LogP contribution in [-0.2, 0) is 0 Å². The van der Waals surface area contributed by atoms with E-state index in [0.29, 0.717) is 5.95 Å². The molecule has 1 aromatic carbocycles. The van der Waals surface area contributed by atoms with Crippen LogP contribution >= 0.6 is 0 Å². The zero-order valence-corrected chi connectivity index (χ0v) is 10.2. The van der Waals surface area contributed by atoms with Gasteiger partial charge in [0, 0.05) is 26.2 Å². The van der Waals surface area contributed by atoms with Gasteiger partial charge in [0.1, 0.15) is 0 Å². The number of aromatic nitrogens is 3. The molecule has 1 aliphatic rings. The number of halogens is 2. The molecule has 1 fully saturated rings. The van der Waals surface area contributed by atoms with Crippen molar-refractivity contribution in [2.75, 3.05) is 31.1 Å². The van der Waals surface area contributed by atoms with Crippen LogP contribution in [0.3, 0.4) is 0 Å². The third-order valence-corrected chi connectivity index (χ3v) is 3.08. The first-order chi connectivity index (χ1) is 9.25. The van der Waals surface area contributed by atoms with Gasteiger partial charge in [-0.25, -0.2) is 8.78 Å². The Morgan fingerprint density at radius 1 is 1.16 bits per heavy atom. The number of piperazine rings is 1. The quantitative estimate of drug-likeness (QED) is 0.855. The third kappa shape index (κ3) is 2.28. The second kappa shape index (κ2) is 4.93. The summed E-state index contributed by atoms with van der Waals surface area (Å²) in [4.78, 5) is 6.22. The summed E-state index contributed by atoms with van der Waals surface area (Å²) in [7, 11) is 0. The zero-order chi connectivity index (χ0) is 13.2. The number of anilines is 1. The molecular formula is C12H13F2N5. The molecule has 0 atom stereocenters. The molecular weight excluding hydrogens is 252 g/mol. The first-order valence-electron chi connectivity index (χ1n) is 6.08. The highest BCUT2D eigenvalue weighted by molar-refractivity contribution is 5.57. The van der Waals surface area contributed by atoms with Crippen LogP contribution in [0.1, 0.15) is 0 Å². The van der Waals surface area contributed by atoms with Crippen molar-refractivity contribution in [3.8, 4) is 11.4 Å². The van der Waals surface area contributed by atoms with Crippen LogP contribution in [0.4, 0.5) is 14.7 Å². The van der Waals surface area contributed by atoms with Gasteiger partial charge in [-0.1, -0.05) is 6.07 Å². The van der Waals surface area contributed by atoms with Gasteiger partial charge in [-0.3, -0.25) is 5.10 Å². The lowest BCUT2D eigenvalue weighted by Gasteiger charge is -2.25. The number of rotatable bonds is 2. The topological polar surface area (TPSA) is 56.8 Å². The van der Waals surface area contributed by atoms with Gasteiger partial charge in [0.15, 0.2) is 17.5 Å². The molecule has 2 aromatic rings. The summed E-state index contributed by atoms with van der Waals surface area (Å²) < 4.78 is 26.8. The summed E-state index contributed by atoms with van der Waals surface area (Å²) in [5.41, 5.74) is 0.0916. The average molecular weight is 265 g/mol. The Balaban J connectivity index is 1.90. The smallest absolute Gasteiger partial charge is 0.245 e. The first kappa shape index (κ1) is 12.0. The molecule has 7 heteroatoms. The molecule has 0 amide bonds. The molecule has 0 saturated carbocycles. The van der Waals surface area contributed by atoms with Gasteiger partial charge >= 0.3 is 0 Å². The van der Waals surface area contributed by atoms with Gasteiger partial charge in [0.05, 0.1) is 5.56 Å². The Morgan fingerprint density at radius 3 is 2.74 bits per heavy atom. The molecule has 0 unspecified atom stereocenters. The van der Waals surface area contributed by atoms with Crippen LogP contribution < -0.4 is 10.2 Å². The number of hydrogen-bond acceptors (Lipinski definition) is 4. The standard InChI is InChI=1S/C12H13F2N5/c13-9-3-1-2-8(10(9)14)11-16-12(18-17-11)19-6-4-15-5-7-19/h1-3,15H,4-7H2,(H,16,17,18). The van der Waals surface area contributed by atoms with E-state index < -0.39 is 11.6 Å². The summed E-state index contributed by atoms with van der Waals surface area (Å²) in [6.07, 6.45) is 0. The SMILES string of the molecule is Fc1cccc(-c2nc(N3CCNCC3)n[nH]2)c1F. The molecule has 1 saturated heterocycles. The number of nitrogens with one attached hydrogen (secondary N) is 2. The predicted molar refractivity (Wildman–Crippen MR) is 66.8 cm³/mol. The summed E-state index contributed by atoms with van der Waals surface area (Å²) in [6.45, 7) is 3.31. The van der Waals surface area contributed by atoms with Crippen LogP contribution in [0.15, 0.2) is 18.2 Å². The summed E-state index contributed by atoms with van der Waals surface area (Å²) >= 11 is 0. The molecule has 1 aromatic heterocycles. The number of H-pyrrole nitrogens is 1. The summed E-state index contributed by atoms with van der Waals surface area (Å²) in [6, 6.07) is 3.99. The second-order valence-electron chi connectivity index (χ2n) is 4.32. The van der Waals surface area contributed by atoms with E-state index >= 15 is 0 Å². The van der Waals surface area contributed by atoms with Crippen molar-refractivity contribution >= 4 is 5.95 Å². The second-order valence-corrected chi connectivity index (χ2v) is 4.32. The maximum atomic E-state index is 13.7. The fourth-order valence-corrected chi connectivity index (χ4v) is 2.07. The van der Waals surface area contributed by atoms with Crippen LogP contribution in [0.25, 0.3) is 11.4 Å². The summed E-state index contributed by atoms with van der Waals surface area (Å²) in [5, 5.41) is 9.94. The lowest BCUT2D eigenvalue weighted by Crippen LogP contribution is -2.44. The van der Waals surface area contributed by atoms with E-state index in [1.807, 2.05) is 4.90 Å². The van der Waals surface area contributed by atoms with E-state index in [1.165, 1.54) is 12.1 Å².